The second kappa shape index (κ2) is 19.0. The number of carbonyl (C=O) groups excluding carboxylic acids is 2. The lowest BCUT2D eigenvalue weighted by molar-refractivity contribution is -0.110. The number of ether oxygens (including phenoxy) is 1. The summed E-state index contributed by atoms with van der Waals surface area (Å²) >= 11 is 0. The van der Waals surface area contributed by atoms with E-state index in [9.17, 15) is 14.0 Å². The van der Waals surface area contributed by atoms with E-state index in [2.05, 4.69) is 42.1 Å². The monoisotopic (exact) mass is 609 g/mol. The average molecular weight is 610 g/mol. The molecule has 44 heavy (non-hydrogen) atoms. The Labute approximate surface area is 258 Å². The first kappa shape index (κ1) is 35.8. The summed E-state index contributed by atoms with van der Waals surface area (Å²) in [5.74, 6) is 0.351. The molecule has 12 heteroatoms. The van der Waals surface area contributed by atoms with Crippen LogP contribution in [0.4, 0.5) is 15.9 Å². The number of carbonyl (C=O) groups is 2. The SMILES string of the molecule is C=C/C(F)=C(\C=C/C)OC.CO.Cc1cc(Nc2nccn3c(C)cnc23)ccc1C(=O)NCCCN1CCNC(C=O)C1. The van der Waals surface area contributed by atoms with Gasteiger partial charge in [-0.15, -0.1) is 0 Å². The highest BCUT2D eigenvalue weighted by Gasteiger charge is 2.18. The van der Waals surface area contributed by atoms with Gasteiger partial charge < -0.3 is 35.5 Å². The molecule has 3 heterocycles. The number of hydrogen-bond acceptors (Lipinski definition) is 9. The Morgan fingerprint density at radius 1 is 1.30 bits per heavy atom. The van der Waals surface area contributed by atoms with Crippen molar-refractivity contribution in [1.29, 1.82) is 0 Å². The van der Waals surface area contributed by atoms with Gasteiger partial charge in [-0.1, -0.05) is 12.7 Å². The standard InChI is InChI=1S/C23H29N7O2.C8H11FO.CH4O/c1-16-12-18(28-21-22-27-13-17(2)30(22)11-8-25-21)4-5-20(16)23(32)26-6-3-9-29-10-7-24-19(14-29)15-31;1-4-6-8(10-3)7(9)5-2;1-2/h4-5,8,11-13,15,19,24H,3,6-7,9-10,14H2,1-2H3,(H,25,28)(H,26,32);4-6H,2H2,1,3H3;2H,1H3/b;6-4-,8-7-;. The van der Waals surface area contributed by atoms with Gasteiger partial charge in [0.15, 0.2) is 23.1 Å². The molecule has 1 atom stereocenters. The number of nitrogens with one attached hydrogen (secondary N) is 3. The molecule has 1 aliphatic rings. The normalized spacial score (nSPS) is 15.3. The van der Waals surface area contributed by atoms with Crippen molar-refractivity contribution in [3.8, 4) is 0 Å². The minimum Gasteiger partial charge on any atom is -0.494 e. The summed E-state index contributed by atoms with van der Waals surface area (Å²) in [6.45, 7) is 12.9. The third-order valence-electron chi connectivity index (χ3n) is 6.69. The van der Waals surface area contributed by atoms with Crippen molar-refractivity contribution in [2.45, 2.75) is 33.2 Å². The number of amides is 1. The predicted octanol–water partition coefficient (Wildman–Crippen LogP) is 3.87. The van der Waals surface area contributed by atoms with Crippen molar-refractivity contribution in [1.82, 2.24) is 29.9 Å². The lowest BCUT2D eigenvalue weighted by Gasteiger charge is -2.30. The number of piperazine rings is 1. The molecule has 0 saturated carbocycles. The number of aliphatic hydroxyl groups is 1. The minimum absolute atomic E-state index is 0.0794. The van der Waals surface area contributed by atoms with Crippen LogP contribution in [0.5, 0.6) is 0 Å². The van der Waals surface area contributed by atoms with Crippen LogP contribution in [0.15, 0.2) is 73.2 Å². The topological polar surface area (TPSA) is 133 Å². The second-order valence-corrected chi connectivity index (χ2v) is 9.75. The molecule has 1 amide bonds. The van der Waals surface area contributed by atoms with Crippen LogP contribution in [0.1, 0.15) is 35.0 Å². The van der Waals surface area contributed by atoms with E-state index >= 15 is 0 Å². The number of aldehydes is 1. The first-order chi connectivity index (χ1) is 21.3. The molecule has 0 bridgehead atoms. The fourth-order valence-corrected chi connectivity index (χ4v) is 4.50. The van der Waals surface area contributed by atoms with Gasteiger partial charge in [-0.05, 0) is 69.7 Å². The molecule has 3 aromatic rings. The summed E-state index contributed by atoms with van der Waals surface area (Å²) in [4.78, 5) is 34.6. The van der Waals surface area contributed by atoms with Crippen LogP contribution >= 0.6 is 0 Å². The molecule has 1 unspecified atom stereocenters. The quantitative estimate of drug-likeness (QED) is 0.111. The maximum atomic E-state index is 12.6. The van der Waals surface area contributed by atoms with E-state index in [0.717, 1.165) is 74.7 Å². The molecule has 1 fully saturated rings. The summed E-state index contributed by atoms with van der Waals surface area (Å²) in [6, 6.07) is 5.56. The number of aliphatic hydroxyl groups excluding tert-OH is 1. The first-order valence-electron chi connectivity index (χ1n) is 14.3. The number of rotatable bonds is 11. The van der Waals surface area contributed by atoms with Crippen LogP contribution in [0, 0.1) is 13.8 Å². The van der Waals surface area contributed by atoms with Gasteiger partial charge in [0.1, 0.15) is 6.29 Å². The maximum Gasteiger partial charge on any atom is 0.251 e. The van der Waals surface area contributed by atoms with E-state index in [-0.39, 0.29) is 17.7 Å². The molecule has 11 nitrogen and oxygen atoms in total. The number of aryl methyl sites for hydroxylation is 2. The average Bonchev–Trinajstić information content (AvgIpc) is 3.44. The Morgan fingerprint density at radius 2 is 2.07 bits per heavy atom. The van der Waals surface area contributed by atoms with Crippen molar-refractivity contribution in [2.75, 3.05) is 52.3 Å². The Balaban J connectivity index is 0.000000481. The number of nitrogens with zero attached hydrogens (tertiary/aromatic N) is 4. The highest BCUT2D eigenvalue weighted by Crippen LogP contribution is 2.22. The van der Waals surface area contributed by atoms with Gasteiger partial charge in [-0.2, -0.15) is 0 Å². The van der Waals surface area contributed by atoms with E-state index in [1.165, 1.54) is 13.2 Å². The van der Waals surface area contributed by atoms with Gasteiger partial charge >= 0.3 is 0 Å². The number of anilines is 2. The molecule has 0 spiro atoms. The van der Waals surface area contributed by atoms with Crippen LogP contribution in [0.25, 0.3) is 5.65 Å². The number of benzene rings is 1. The fourth-order valence-electron chi connectivity index (χ4n) is 4.50. The number of fused-ring (bicyclic) bond motifs is 1. The van der Waals surface area contributed by atoms with Crippen molar-refractivity contribution in [3.05, 3.63) is 90.0 Å². The fraction of sp³-hybridized carbons (Fsp3) is 0.375. The Morgan fingerprint density at radius 3 is 2.73 bits per heavy atom. The van der Waals surface area contributed by atoms with Crippen molar-refractivity contribution < 1.29 is 23.8 Å². The van der Waals surface area contributed by atoms with E-state index in [1.807, 2.05) is 48.8 Å². The van der Waals surface area contributed by atoms with Gasteiger partial charge in [-0.25, -0.2) is 14.4 Å². The molecule has 4 rings (SSSR count). The summed E-state index contributed by atoms with van der Waals surface area (Å²) in [5.41, 5.74) is 4.18. The molecule has 238 valence electrons. The van der Waals surface area contributed by atoms with Gasteiger partial charge in [0.25, 0.3) is 5.91 Å². The van der Waals surface area contributed by atoms with E-state index in [1.54, 1.807) is 19.2 Å². The van der Waals surface area contributed by atoms with Crippen LogP contribution in [-0.2, 0) is 9.53 Å². The number of halogens is 1. The van der Waals surface area contributed by atoms with Gasteiger partial charge in [0, 0.05) is 68.8 Å². The largest absolute Gasteiger partial charge is 0.494 e. The molecular weight excluding hydrogens is 565 g/mol. The third kappa shape index (κ3) is 10.4. The van der Waals surface area contributed by atoms with E-state index < -0.39 is 5.83 Å². The van der Waals surface area contributed by atoms with Gasteiger partial charge in [-0.3, -0.25) is 9.20 Å². The van der Waals surface area contributed by atoms with Crippen LogP contribution in [0.3, 0.4) is 0 Å². The lowest BCUT2D eigenvalue weighted by Crippen LogP contribution is -2.51. The molecule has 1 aromatic carbocycles. The van der Waals surface area contributed by atoms with E-state index in [0.29, 0.717) is 17.9 Å². The Bertz CT molecular complexity index is 1440. The van der Waals surface area contributed by atoms with Crippen molar-refractivity contribution in [3.63, 3.8) is 0 Å². The van der Waals surface area contributed by atoms with Crippen molar-refractivity contribution >= 4 is 29.3 Å². The number of aromatic nitrogens is 3. The third-order valence-corrected chi connectivity index (χ3v) is 6.69. The number of allylic oxidation sites excluding steroid dienone is 4. The molecule has 1 saturated heterocycles. The second-order valence-electron chi connectivity index (χ2n) is 9.75. The zero-order chi connectivity index (χ0) is 32.5. The molecule has 1 aliphatic heterocycles. The first-order valence-corrected chi connectivity index (χ1v) is 14.3. The van der Waals surface area contributed by atoms with Gasteiger partial charge in [0.05, 0.1) is 13.2 Å². The van der Waals surface area contributed by atoms with Gasteiger partial charge in [0.2, 0.25) is 0 Å². The van der Waals surface area contributed by atoms with Crippen LogP contribution in [-0.4, -0.2) is 89.6 Å². The zero-order valence-electron chi connectivity index (χ0n) is 26.1. The molecular formula is C32H44FN7O4. The summed E-state index contributed by atoms with van der Waals surface area (Å²) in [5, 5.41) is 16.5. The highest BCUT2D eigenvalue weighted by molar-refractivity contribution is 5.96. The predicted molar refractivity (Wildman–Crippen MR) is 172 cm³/mol. The molecule has 0 aliphatic carbocycles. The lowest BCUT2D eigenvalue weighted by atomic mass is 10.1. The number of methoxy groups -OCH3 is 1. The summed E-state index contributed by atoms with van der Waals surface area (Å²) in [6.07, 6.45) is 11.6. The van der Waals surface area contributed by atoms with E-state index in [4.69, 9.17) is 5.11 Å². The molecule has 0 radical (unpaired) electrons. The summed E-state index contributed by atoms with van der Waals surface area (Å²) < 4.78 is 19.2. The highest BCUT2D eigenvalue weighted by atomic mass is 19.1. The minimum atomic E-state index is -0.444. The maximum absolute atomic E-state index is 12.6. The van der Waals surface area contributed by atoms with Crippen LogP contribution < -0.4 is 16.0 Å². The number of imidazole rings is 1. The number of hydrogen-bond donors (Lipinski definition) is 4. The summed E-state index contributed by atoms with van der Waals surface area (Å²) in [7, 11) is 2.42. The molecule has 4 N–H and O–H groups in total. The van der Waals surface area contributed by atoms with Crippen LogP contribution in [0.2, 0.25) is 0 Å². The Kier molecular flexibility index (Phi) is 15.5. The zero-order valence-corrected chi connectivity index (χ0v) is 26.1. The molecule has 2 aromatic heterocycles. The van der Waals surface area contributed by atoms with Crippen molar-refractivity contribution in [2.24, 2.45) is 0 Å². The Hall–Kier alpha value is -4.39. The smallest absolute Gasteiger partial charge is 0.251 e.